The third kappa shape index (κ3) is 3.76. The lowest BCUT2D eigenvalue weighted by molar-refractivity contribution is 0.0952. The van der Waals surface area contributed by atoms with Crippen molar-refractivity contribution >= 4 is 16.8 Å². The lowest BCUT2D eigenvalue weighted by Crippen LogP contribution is -2.23. The summed E-state index contributed by atoms with van der Waals surface area (Å²) in [6.07, 6.45) is 4.47. The lowest BCUT2D eigenvalue weighted by atomic mass is 10.0. The molecule has 1 amide bonds. The van der Waals surface area contributed by atoms with Crippen LogP contribution in [0.15, 0.2) is 79.1 Å². The van der Waals surface area contributed by atoms with E-state index in [1.165, 1.54) is 5.56 Å². The van der Waals surface area contributed by atoms with E-state index in [0.717, 1.165) is 34.1 Å². The Morgan fingerprint density at radius 2 is 1.79 bits per heavy atom. The van der Waals surface area contributed by atoms with E-state index < -0.39 is 0 Å². The Balaban J connectivity index is 1.70. The molecular formula is C24H21N3O. The fourth-order valence-corrected chi connectivity index (χ4v) is 3.20. The summed E-state index contributed by atoms with van der Waals surface area (Å²) in [6, 6.07) is 21.8. The number of aryl methyl sites for hydroxylation is 1. The Morgan fingerprint density at radius 1 is 0.964 bits per heavy atom. The maximum absolute atomic E-state index is 13.0. The fourth-order valence-electron chi connectivity index (χ4n) is 3.20. The molecule has 4 nitrogen and oxygen atoms in total. The van der Waals surface area contributed by atoms with Gasteiger partial charge in [-0.15, -0.1) is 0 Å². The van der Waals surface area contributed by atoms with Crippen LogP contribution in [0.2, 0.25) is 0 Å². The molecule has 0 aliphatic heterocycles. The Kier molecular flexibility index (Phi) is 5.11. The van der Waals surface area contributed by atoms with Crippen LogP contribution in [0.1, 0.15) is 28.4 Å². The number of carbonyl (C=O) groups excluding carboxylic acids is 1. The summed E-state index contributed by atoms with van der Waals surface area (Å²) in [4.78, 5) is 21.8. The van der Waals surface area contributed by atoms with E-state index in [2.05, 4.69) is 41.5 Å². The minimum absolute atomic E-state index is 0.117. The molecule has 4 aromatic rings. The first-order valence-corrected chi connectivity index (χ1v) is 9.41. The zero-order valence-electron chi connectivity index (χ0n) is 15.7. The summed E-state index contributed by atoms with van der Waals surface area (Å²) >= 11 is 0. The van der Waals surface area contributed by atoms with Crippen molar-refractivity contribution in [3.63, 3.8) is 0 Å². The van der Waals surface area contributed by atoms with Crippen LogP contribution in [0.25, 0.3) is 22.2 Å². The predicted molar refractivity (Wildman–Crippen MR) is 112 cm³/mol. The molecule has 2 aromatic heterocycles. The van der Waals surface area contributed by atoms with Gasteiger partial charge in [0.15, 0.2) is 0 Å². The summed E-state index contributed by atoms with van der Waals surface area (Å²) in [5, 5.41) is 3.84. The van der Waals surface area contributed by atoms with Crippen LogP contribution < -0.4 is 5.32 Å². The SMILES string of the molecule is CCc1ccc(-c2cc(C(=O)NCc3cccnc3)c3ccccc3n2)cc1. The van der Waals surface area contributed by atoms with Gasteiger partial charge in [-0.1, -0.05) is 55.5 Å². The Labute approximate surface area is 164 Å². The number of nitrogens with one attached hydrogen (secondary N) is 1. The molecule has 0 spiro atoms. The van der Waals surface area contributed by atoms with Gasteiger partial charge < -0.3 is 5.32 Å². The number of amides is 1. The molecule has 1 N–H and O–H groups in total. The van der Waals surface area contributed by atoms with Gasteiger partial charge in [-0.25, -0.2) is 4.98 Å². The summed E-state index contributed by atoms with van der Waals surface area (Å²) in [6.45, 7) is 2.57. The number of carbonyl (C=O) groups is 1. The van der Waals surface area contributed by atoms with Crippen molar-refractivity contribution in [1.82, 2.24) is 15.3 Å². The minimum Gasteiger partial charge on any atom is -0.348 e. The first-order valence-electron chi connectivity index (χ1n) is 9.41. The predicted octanol–water partition coefficient (Wildman–Crippen LogP) is 4.79. The normalized spacial score (nSPS) is 10.8. The van der Waals surface area contributed by atoms with E-state index in [1.807, 2.05) is 42.5 Å². The van der Waals surface area contributed by atoms with Gasteiger partial charge in [0.2, 0.25) is 0 Å². The number of aromatic nitrogens is 2. The molecule has 0 saturated carbocycles. The molecule has 0 bridgehead atoms. The number of benzene rings is 2. The first kappa shape index (κ1) is 17.9. The third-order valence-electron chi connectivity index (χ3n) is 4.79. The van der Waals surface area contributed by atoms with E-state index in [1.54, 1.807) is 12.4 Å². The molecule has 0 aliphatic rings. The van der Waals surface area contributed by atoms with Crippen LogP contribution >= 0.6 is 0 Å². The Hall–Kier alpha value is -3.53. The summed E-state index contributed by atoms with van der Waals surface area (Å²) < 4.78 is 0. The number of hydrogen-bond acceptors (Lipinski definition) is 3. The lowest BCUT2D eigenvalue weighted by Gasteiger charge is -2.11. The van der Waals surface area contributed by atoms with Crippen molar-refractivity contribution in [2.75, 3.05) is 0 Å². The van der Waals surface area contributed by atoms with E-state index in [9.17, 15) is 4.79 Å². The quantitative estimate of drug-likeness (QED) is 0.552. The zero-order chi connectivity index (χ0) is 19.3. The highest BCUT2D eigenvalue weighted by Gasteiger charge is 2.14. The fraction of sp³-hybridized carbons (Fsp3) is 0.125. The molecule has 0 fully saturated rings. The van der Waals surface area contributed by atoms with E-state index in [4.69, 9.17) is 4.98 Å². The van der Waals surface area contributed by atoms with Crippen LogP contribution in [0.4, 0.5) is 0 Å². The number of rotatable bonds is 5. The standard InChI is InChI=1S/C24H21N3O/c1-2-17-9-11-19(12-10-17)23-14-21(20-7-3-4-8-22(20)27-23)24(28)26-16-18-6-5-13-25-15-18/h3-15H,2,16H2,1H3,(H,26,28). The molecule has 0 saturated heterocycles. The van der Waals surface area contributed by atoms with Crippen molar-refractivity contribution in [2.24, 2.45) is 0 Å². The van der Waals surface area contributed by atoms with Crippen molar-refractivity contribution in [2.45, 2.75) is 19.9 Å². The smallest absolute Gasteiger partial charge is 0.252 e. The highest BCUT2D eigenvalue weighted by molar-refractivity contribution is 6.07. The minimum atomic E-state index is -0.117. The largest absolute Gasteiger partial charge is 0.348 e. The van der Waals surface area contributed by atoms with Gasteiger partial charge in [0.1, 0.15) is 0 Å². The maximum atomic E-state index is 13.0. The highest BCUT2D eigenvalue weighted by atomic mass is 16.1. The topological polar surface area (TPSA) is 54.9 Å². The van der Waals surface area contributed by atoms with Crippen molar-refractivity contribution < 1.29 is 4.79 Å². The number of fused-ring (bicyclic) bond motifs is 1. The highest BCUT2D eigenvalue weighted by Crippen LogP contribution is 2.25. The third-order valence-corrected chi connectivity index (χ3v) is 4.79. The molecule has 2 heterocycles. The van der Waals surface area contributed by atoms with E-state index >= 15 is 0 Å². The van der Waals surface area contributed by atoms with Gasteiger partial charge in [-0.2, -0.15) is 0 Å². The zero-order valence-corrected chi connectivity index (χ0v) is 15.7. The van der Waals surface area contributed by atoms with Crippen LogP contribution in [-0.4, -0.2) is 15.9 Å². The summed E-state index contributed by atoms with van der Waals surface area (Å²) in [7, 11) is 0. The van der Waals surface area contributed by atoms with Crippen molar-refractivity contribution in [3.05, 3.63) is 95.8 Å². The van der Waals surface area contributed by atoms with Crippen LogP contribution in [0, 0.1) is 0 Å². The molecule has 0 unspecified atom stereocenters. The van der Waals surface area contributed by atoms with Crippen LogP contribution in [0.3, 0.4) is 0 Å². The second-order valence-corrected chi connectivity index (χ2v) is 6.67. The first-order chi connectivity index (χ1) is 13.7. The molecule has 0 atom stereocenters. The molecule has 0 aliphatic carbocycles. The Morgan fingerprint density at radius 3 is 2.54 bits per heavy atom. The number of pyridine rings is 2. The number of para-hydroxylation sites is 1. The number of hydrogen-bond donors (Lipinski definition) is 1. The average Bonchev–Trinajstić information content (AvgIpc) is 2.77. The van der Waals surface area contributed by atoms with Gasteiger partial charge in [-0.3, -0.25) is 9.78 Å². The maximum Gasteiger partial charge on any atom is 0.252 e. The van der Waals surface area contributed by atoms with Gasteiger partial charge in [0.05, 0.1) is 16.8 Å². The molecule has 4 rings (SSSR count). The van der Waals surface area contributed by atoms with Crippen molar-refractivity contribution in [3.8, 4) is 11.3 Å². The van der Waals surface area contributed by atoms with E-state index in [0.29, 0.717) is 12.1 Å². The van der Waals surface area contributed by atoms with Gasteiger partial charge in [0.25, 0.3) is 5.91 Å². The van der Waals surface area contributed by atoms with Crippen molar-refractivity contribution in [1.29, 1.82) is 0 Å². The van der Waals surface area contributed by atoms with Crippen LogP contribution in [0.5, 0.6) is 0 Å². The van der Waals surface area contributed by atoms with Gasteiger partial charge in [-0.05, 0) is 35.7 Å². The van der Waals surface area contributed by atoms with Gasteiger partial charge in [0, 0.05) is 29.9 Å². The van der Waals surface area contributed by atoms with E-state index in [-0.39, 0.29) is 5.91 Å². The molecule has 2 aromatic carbocycles. The summed E-state index contributed by atoms with van der Waals surface area (Å²) in [5.74, 6) is -0.117. The second-order valence-electron chi connectivity index (χ2n) is 6.67. The monoisotopic (exact) mass is 367 g/mol. The molecule has 0 radical (unpaired) electrons. The number of nitrogens with zero attached hydrogens (tertiary/aromatic N) is 2. The van der Waals surface area contributed by atoms with Gasteiger partial charge >= 0.3 is 0 Å². The molecule has 4 heteroatoms. The Bertz CT molecular complexity index is 1110. The summed E-state index contributed by atoms with van der Waals surface area (Å²) in [5.41, 5.74) is 5.48. The second kappa shape index (κ2) is 8.01. The molecular weight excluding hydrogens is 346 g/mol. The average molecular weight is 367 g/mol. The van der Waals surface area contributed by atoms with Crippen LogP contribution in [-0.2, 0) is 13.0 Å². The molecule has 138 valence electrons. The molecule has 28 heavy (non-hydrogen) atoms.